The lowest BCUT2D eigenvalue weighted by atomic mass is 10.1. The molecule has 1 amide bonds. The number of ether oxygens (including phenoxy) is 2. The van der Waals surface area contributed by atoms with Crippen molar-refractivity contribution in [2.75, 3.05) is 19.0 Å². The molecule has 0 aliphatic carbocycles. The van der Waals surface area contributed by atoms with E-state index in [1.807, 2.05) is 31.2 Å². The van der Waals surface area contributed by atoms with Crippen molar-refractivity contribution in [2.45, 2.75) is 20.3 Å². The van der Waals surface area contributed by atoms with Crippen LogP contribution in [0.3, 0.4) is 0 Å². The van der Waals surface area contributed by atoms with E-state index in [1.165, 1.54) is 0 Å². The fourth-order valence-electron chi connectivity index (χ4n) is 2.34. The fourth-order valence-corrected chi connectivity index (χ4v) is 2.34. The van der Waals surface area contributed by atoms with Crippen LogP contribution in [0.1, 0.15) is 28.4 Å². The first-order valence-corrected chi connectivity index (χ1v) is 7.74. The molecule has 0 saturated carbocycles. The summed E-state index contributed by atoms with van der Waals surface area (Å²) in [6, 6.07) is 12.6. The van der Waals surface area contributed by atoms with Crippen molar-refractivity contribution in [2.24, 2.45) is 0 Å². The van der Waals surface area contributed by atoms with E-state index in [0.717, 1.165) is 23.2 Å². The van der Waals surface area contributed by atoms with Crippen LogP contribution in [0.2, 0.25) is 0 Å². The number of para-hydroxylation sites is 1. The largest absolute Gasteiger partial charge is 0.497 e. The molecule has 0 fully saturated rings. The molecule has 0 aliphatic heterocycles. The molecule has 0 spiro atoms. The summed E-state index contributed by atoms with van der Waals surface area (Å²) in [5.41, 5.74) is 2.92. The standard InChI is InChI=1S/C19H21NO4/c1-4-14-7-5-6-8-17(14)20-18(21)12-24-19(22)16-10-9-15(23-3)11-13(16)2/h5-11H,4,12H2,1-3H3,(H,20,21). The van der Waals surface area contributed by atoms with E-state index in [2.05, 4.69) is 5.32 Å². The molecule has 0 bridgehead atoms. The molecule has 0 heterocycles. The summed E-state index contributed by atoms with van der Waals surface area (Å²) in [5, 5.41) is 2.76. The maximum atomic E-state index is 12.1. The lowest BCUT2D eigenvalue weighted by molar-refractivity contribution is -0.119. The minimum Gasteiger partial charge on any atom is -0.497 e. The van der Waals surface area contributed by atoms with Crippen molar-refractivity contribution in [1.82, 2.24) is 0 Å². The third-order valence-corrected chi connectivity index (χ3v) is 3.66. The van der Waals surface area contributed by atoms with E-state index < -0.39 is 5.97 Å². The molecular weight excluding hydrogens is 306 g/mol. The number of rotatable bonds is 6. The number of hydrogen-bond acceptors (Lipinski definition) is 4. The van der Waals surface area contributed by atoms with E-state index in [1.54, 1.807) is 32.2 Å². The number of aryl methyl sites for hydroxylation is 2. The number of anilines is 1. The van der Waals surface area contributed by atoms with Gasteiger partial charge in [-0.3, -0.25) is 4.79 Å². The van der Waals surface area contributed by atoms with Gasteiger partial charge in [0, 0.05) is 5.69 Å². The normalized spacial score (nSPS) is 10.1. The smallest absolute Gasteiger partial charge is 0.338 e. The lowest BCUT2D eigenvalue weighted by Gasteiger charge is -2.11. The summed E-state index contributed by atoms with van der Waals surface area (Å²) < 4.78 is 10.2. The van der Waals surface area contributed by atoms with E-state index in [-0.39, 0.29) is 12.5 Å². The molecule has 0 unspecified atom stereocenters. The minimum atomic E-state index is -0.533. The average Bonchev–Trinajstić information content (AvgIpc) is 2.60. The number of carbonyl (C=O) groups excluding carboxylic acids is 2. The summed E-state index contributed by atoms with van der Waals surface area (Å²) in [4.78, 5) is 24.1. The molecule has 0 aliphatic rings. The van der Waals surface area contributed by atoms with Crippen LogP contribution in [-0.2, 0) is 16.0 Å². The van der Waals surface area contributed by atoms with Gasteiger partial charge in [0.15, 0.2) is 6.61 Å². The van der Waals surface area contributed by atoms with Crippen LogP contribution in [-0.4, -0.2) is 25.6 Å². The number of hydrogen-bond donors (Lipinski definition) is 1. The van der Waals surface area contributed by atoms with Crippen molar-refractivity contribution in [3.05, 3.63) is 59.2 Å². The summed E-state index contributed by atoms with van der Waals surface area (Å²) in [6.45, 7) is 3.47. The first-order chi connectivity index (χ1) is 11.5. The third-order valence-electron chi connectivity index (χ3n) is 3.66. The number of benzene rings is 2. The molecule has 0 aromatic heterocycles. The van der Waals surface area contributed by atoms with E-state index in [9.17, 15) is 9.59 Å². The summed E-state index contributed by atoms with van der Waals surface area (Å²) in [5.74, 6) is -0.234. The van der Waals surface area contributed by atoms with Crippen molar-refractivity contribution in [3.8, 4) is 5.75 Å². The number of amides is 1. The lowest BCUT2D eigenvalue weighted by Crippen LogP contribution is -2.21. The third kappa shape index (κ3) is 4.35. The Hall–Kier alpha value is -2.82. The Kier molecular flexibility index (Phi) is 5.95. The van der Waals surface area contributed by atoms with Gasteiger partial charge in [0.05, 0.1) is 12.7 Å². The zero-order valence-electron chi connectivity index (χ0n) is 14.1. The second-order valence-electron chi connectivity index (χ2n) is 5.32. The molecule has 2 aromatic carbocycles. The zero-order chi connectivity index (χ0) is 17.5. The highest BCUT2D eigenvalue weighted by atomic mass is 16.5. The summed E-state index contributed by atoms with van der Waals surface area (Å²) in [7, 11) is 1.56. The number of esters is 1. The van der Waals surface area contributed by atoms with E-state index in [0.29, 0.717) is 11.3 Å². The number of nitrogens with one attached hydrogen (secondary N) is 1. The van der Waals surface area contributed by atoms with Gasteiger partial charge in [0.25, 0.3) is 5.91 Å². The number of carbonyl (C=O) groups is 2. The Morgan fingerprint density at radius 1 is 1.12 bits per heavy atom. The van der Waals surface area contributed by atoms with Gasteiger partial charge in [-0.05, 0) is 48.7 Å². The van der Waals surface area contributed by atoms with Crippen molar-refractivity contribution >= 4 is 17.6 Å². The predicted molar refractivity (Wildman–Crippen MR) is 92.5 cm³/mol. The topological polar surface area (TPSA) is 64.6 Å². The van der Waals surface area contributed by atoms with Gasteiger partial charge in [-0.15, -0.1) is 0 Å². The van der Waals surface area contributed by atoms with Crippen LogP contribution in [0.25, 0.3) is 0 Å². The quantitative estimate of drug-likeness (QED) is 0.826. The molecule has 5 heteroatoms. The van der Waals surface area contributed by atoms with Gasteiger partial charge in [-0.2, -0.15) is 0 Å². The van der Waals surface area contributed by atoms with Crippen LogP contribution in [0, 0.1) is 6.92 Å². The molecule has 0 atom stereocenters. The second kappa shape index (κ2) is 8.15. The molecule has 0 radical (unpaired) electrons. The predicted octanol–water partition coefficient (Wildman–Crippen LogP) is 3.36. The average molecular weight is 327 g/mol. The van der Waals surface area contributed by atoms with Gasteiger partial charge in [-0.25, -0.2) is 4.79 Å². The van der Waals surface area contributed by atoms with Crippen molar-refractivity contribution in [3.63, 3.8) is 0 Å². The first-order valence-electron chi connectivity index (χ1n) is 7.74. The Morgan fingerprint density at radius 2 is 1.88 bits per heavy atom. The molecule has 2 rings (SSSR count). The van der Waals surface area contributed by atoms with Crippen LogP contribution in [0.4, 0.5) is 5.69 Å². The fraction of sp³-hybridized carbons (Fsp3) is 0.263. The highest BCUT2D eigenvalue weighted by molar-refractivity contribution is 5.96. The maximum Gasteiger partial charge on any atom is 0.338 e. The number of methoxy groups -OCH3 is 1. The van der Waals surface area contributed by atoms with E-state index >= 15 is 0 Å². The highest BCUT2D eigenvalue weighted by Crippen LogP contribution is 2.18. The summed E-state index contributed by atoms with van der Waals surface area (Å²) >= 11 is 0. The SMILES string of the molecule is CCc1ccccc1NC(=O)COC(=O)c1ccc(OC)cc1C. The van der Waals surface area contributed by atoms with Crippen molar-refractivity contribution < 1.29 is 19.1 Å². The molecular formula is C19H21NO4. The van der Waals surface area contributed by atoms with Crippen LogP contribution < -0.4 is 10.1 Å². The second-order valence-corrected chi connectivity index (χ2v) is 5.32. The van der Waals surface area contributed by atoms with Gasteiger partial charge in [-0.1, -0.05) is 25.1 Å². The Morgan fingerprint density at radius 3 is 2.54 bits per heavy atom. The van der Waals surface area contributed by atoms with Crippen LogP contribution in [0.15, 0.2) is 42.5 Å². The highest BCUT2D eigenvalue weighted by Gasteiger charge is 2.14. The Balaban J connectivity index is 1.95. The molecule has 24 heavy (non-hydrogen) atoms. The van der Waals surface area contributed by atoms with Gasteiger partial charge in [0.2, 0.25) is 0 Å². The Labute approximate surface area is 141 Å². The minimum absolute atomic E-state index is 0.331. The first kappa shape index (κ1) is 17.5. The molecule has 5 nitrogen and oxygen atoms in total. The summed E-state index contributed by atoms with van der Waals surface area (Å²) in [6.07, 6.45) is 0.807. The monoisotopic (exact) mass is 327 g/mol. The van der Waals surface area contributed by atoms with E-state index in [4.69, 9.17) is 9.47 Å². The molecule has 126 valence electrons. The van der Waals surface area contributed by atoms with Gasteiger partial charge < -0.3 is 14.8 Å². The molecule has 1 N–H and O–H groups in total. The molecule has 0 saturated heterocycles. The van der Waals surface area contributed by atoms with Crippen LogP contribution >= 0.6 is 0 Å². The maximum absolute atomic E-state index is 12.1. The zero-order valence-corrected chi connectivity index (χ0v) is 14.1. The molecule has 2 aromatic rings. The van der Waals surface area contributed by atoms with Crippen LogP contribution in [0.5, 0.6) is 5.75 Å². The van der Waals surface area contributed by atoms with Gasteiger partial charge in [0.1, 0.15) is 5.75 Å². The van der Waals surface area contributed by atoms with Crippen molar-refractivity contribution in [1.29, 1.82) is 0 Å². The van der Waals surface area contributed by atoms with Gasteiger partial charge >= 0.3 is 5.97 Å². The Bertz CT molecular complexity index is 740.